The molecule has 1 rings (SSSR count). The molecule has 0 aliphatic heterocycles. The van der Waals surface area contributed by atoms with Gasteiger partial charge < -0.3 is 10.4 Å². The summed E-state index contributed by atoms with van der Waals surface area (Å²) in [6, 6.07) is 8.67. The van der Waals surface area contributed by atoms with Gasteiger partial charge in [0.1, 0.15) is 6.04 Å². The molecule has 0 fully saturated rings. The number of carboxylic acid groups (broad SMARTS) is 1. The molecule has 0 heterocycles. The first kappa shape index (κ1) is 14.5. The Morgan fingerprint density at radius 1 is 1.28 bits per heavy atom. The Balaban J connectivity index is 2.36. The van der Waals surface area contributed by atoms with Crippen molar-refractivity contribution >= 4 is 5.97 Å². The van der Waals surface area contributed by atoms with Crippen molar-refractivity contribution in [2.75, 3.05) is 6.54 Å². The number of aliphatic carboxylic acids is 1. The molecule has 3 nitrogen and oxygen atoms in total. The van der Waals surface area contributed by atoms with Crippen LogP contribution in [0.2, 0.25) is 0 Å². The minimum Gasteiger partial charge on any atom is -0.480 e. The Labute approximate surface area is 109 Å². The van der Waals surface area contributed by atoms with Crippen molar-refractivity contribution in [3.8, 4) is 0 Å². The minimum absolute atomic E-state index is 0.606. The molecule has 0 saturated carbocycles. The van der Waals surface area contributed by atoms with E-state index in [0.29, 0.717) is 0 Å². The van der Waals surface area contributed by atoms with Crippen LogP contribution in [0.1, 0.15) is 37.3 Å². The van der Waals surface area contributed by atoms with Gasteiger partial charge in [-0.1, -0.05) is 42.8 Å². The molecule has 0 aliphatic rings. The maximum absolute atomic E-state index is 11.2. The van der Waals surface area contributed by atoms with Crippen LogP contribution < -0.4 is 5.32 Å². The molecule has 3 heteroatoms. The maximum atomic E-state index is 11.2. The molecule has 18 heavy (non-hydrogen) atoms. The largest absolute Gasteiger partial charge is 0.480 e. The number of rotatable bonds is 9. The van der Waals surface area contributed by atoms with E-state index in [4.69, 9.17) is 0 Å². The smallest absolute Gasteiger partial charge is 0.325 e. The molecular formula is C15H21NO2. The van der Waals surface area contributed by atoms with Crippen molar-refractivity contribution in [1.82, 2.24) is 5.32 Å². The van der Waals surface area contributed by atoms with E-state index in [2.05, 4.69) is 11.9 Å². The topological polar surface area (TPSA) is 49.3 Å². The number of nitrogens with one attached hydrogen (secondary N) is 1. The molecule has 0 aliphatic carbocycles. The van der Waals surface area contributed by atoms with Gasteiger partial charge >= 0.3 is 5.97 Å². The summed E-state index contributed by atoms with van der Waals surface area (Å²) in [6.45, 7) is 4.40. The highest BCUT2D eigenvalue weighted by atomic mass is 16.4. The number of allylic oxidation sites excluding steroid dienone is 1. The van der Waals surface area contributed by atoms with Gasteiger partial charge in [0.15, 0.2) is 0 Å². The number of unbranched alkanes of at least 4 members (excludes halogenated alkanes) is 3. The molecule has 1 aromatic carbocycles. The highest BCUT2D eigenvalue weighted by Crippen LogP contribution is 2.12. The second kappa shape index (κ2) is 8.48. The van der Waals surface area contributed by atoms with Gasteiger partial charge in [0.25, 0.3) is 0 Å². The van der Waals surface area contributed by atoms with Gasteiger partial charge in [-0.15, -0.1) is 6.58 Å². The number of carboxylic acids is 1. The summed E-state index contributed by atoms with van der Waals surface area (Å²) in [4.78, 5) is 11.2. The van der Waals surface area contributed by atoms with Crippen molar-refractivity contribution < 1.29 is 9.90 Å². The Hall–Kier alpha value is -1.61. The maximum Gasteiger partial charge on any atom is 0.325 e. The van der Waals surface area contributed by atoms with E-state index in [-0.39, 0.29) is 0 Å². The minimum atomic E-state index is -0.827. The molecule has 98 valence electrons. The molecule has 0 radical (unpaired) electrons. The van der Waals surface area contributed by atoms with E-state index in [1.165, 1.54) is 0 Å². The standard InChI is InChI=1S/C15H21NO2/c1-2-3-4-5-9-12-16-14(15(17)18)13-10-7-6-8-11-13/h2,6-8,10-11,14,16H,1,3-5,9,12H2,(H,17,18). The van der Waals surface area contributed by atoms with Crippen LogP contribution in [0.5, 0.6) is 0 Å². The molecule has 2 N–H and O–H groups in total. The van der Waals surface area contributed by atoms with Crippen LogP contribution in [0.4, 0.5) is 0 Å². The number of hydrogen-bond acceptors (Lipinski definition) is 2. The summed E-state index contributed by atoms with van der Waals surface area (Å²) in [5.74, 6) is -0.827. The number of hydrogen-bond donors (Lipinski definition) is 2. The quantitative estimate of drug-likeness (QED) is 0.520. The monoisotopic (exact) mass is 247 g/mol. The van der Waals surface area contributed by atoms with Gasteiger partial charge in [-0.2, -0.15) is 0 Å². The van der Waals surface area contributed by atoms with Gasteiger partial charge in [0, 0.05) is 0 Å². The van der Waals surface area contributed by atoms with Gasteiger partial charge in [-0.3, -0.25) is 4.79 Å². The van der Waals surface area contributed by atoms with Crippen LogP contribution in [0.25, 0.3) is 0 Å². The van der Waals surface area contributed by atoms with Gasteiger partial charge in [0.2, 0.25) is 0 Å². The zero-order valence-electron chi connectivity index (χ0n) is 10.6. The zero-order valence-corrected chi connectivity index (χ0v) is 10.6. The van der Waals surface area contributed by atoms with Crippen molar-refractivity contribution in [3.05, 3.63) is 48.6 Å². The summed E-state index contributed by atoms with van der Waals surface area (Å²) >= 11 is 0. The Morgan fingerprint density at radius 2 is 2.00 bits per heavy atom. The van der Waals surface area contributed by atoms with E-state index in [1.54, 1.807) is 0 Å². The first-order chi connectivity index (χ1) is 8.75. The normalized spacial score (nSPS) is 12.0. The molecule has 1 unspecified atom stereocenters. The lowest BCUT2D eigenvalue weighted by Crippen LogP contribution is -2.29. The highest BCUT2D eigenvalue weighted by Gasteiger charge is 2.17. The van der Waals surface area contributed by atoms with Gasteiger partial charge in [-0.25, -0.2) is 0 Å². The average Bonchev–Trinajstić information content (AvgIpc) is 2.38. The van der Waals surface area contributed by atoms with E-state index in [9.17, 15) is 9.90 Å². The molecular weight excluding hydrogens is 226 g/mol. The van der Waals surface area contributed by atoms with Crippen LogP contribution >= 0.6 is 0 Å². The third-order valence-corrected chi connectivity index (χ3v) is 2.81. The van der Waals surface area contributed by atoms with E-state index >= 15 is 0 Å². The zero-order chi connectivity index (χ0) is 13.2. The fraction of sp³-hybridized carbons (Fsp3) is 0.400. The highest BCUT2D eigenvalue weighted by molar-refractivity contribution is 5.75. The molecule has 0 saturated heterocycles. The SMILES string of the molecule is C=CCCCCCNC(C(=O)O)c1ccccc1. The fourth-order valence-electron chi connectivity index (χ4n) is 1.83. The second-order valence-corrected chi connectivity index (χ2v) is 4.27. The van der Waals surface area contributed by atoms with Crippen LogP contribution in [-0.4, -0.2) is 17.6 Å². The number of benzene rings is 1. The Morgan fingerprint density at radius 3 is 2.61 bits per heavy atom. The van der Waals surface area contributed by atoms with Crippen molar-refractivity contribution in [3.63, 3.8) is 0 Å². The summed E-state index contributed by atoms with van der Waals surface area (Å²) in [6.07, 6.45) is 6.15. The first-order valence-corrected chi connectivity index (χ1v) is 6.37. The summed E-state index contributed by atoms with van der Waals surface area (Å²) in [5.41, 5.74) is 0.802. The molecule has 0 amide bonds. The summed E-state index contributed by atoms with van der Waals surface area (Å²) in [5, 5.41) is 12.3. The molecule has 1 aromatic rings. The fourth-order valence-corrected chi connectivity index (χ4v) is 1.83. The van der Waals surface area contributed by atoms with Gasteiger partial charge in [-0.05, 0) is 31.4 Å². The van der Waals surface area contributed by atoms with Crippen LogP contribution in [0.15, 0.2) is 43.0 Å². The summed E-state index contributed by atoms with van der Waals surface area (Å²) < 4.78 is 0. The lowest BCUT2D eigenvalue weighted by molar-refractivity contribution is -0.139. The second-order valence-electron chi connectivity index (χ2n) is 4.27. The molecule has 1 atom stereocenters. The Bertz CT molecular complexity index is 362. The van der Waals surface area contributed by atoms with Crippen LogP contribution in [-0.2, 0) is 4.79 Å². The third kappa shape index (κ3) is 5.15. The van der Waals surface area contributed by atoms with Crippen LogP contribution in [0.3, 0.4) is 0 Å². The lowest BCUT2D eigenvalue weighted by atomic mass is 10.1. The lowest BCUT2D eigenvalue weighted by Gasteiger charge is -2.14. The predicted molar refractivity (Wildman–Crippen MR) is 73.5 cm³/mol. The molecule has 0 bridgehead atoms. The van der Waals surface area contributed by atoms with E-state index in [0.717, 1.165) is 37.8 Å². The van der Waals surface area contributed by atoms with Crippen molar-refractivity contribution in [2.45, 2.75) is 31.7 Å². The first-order valence-electron chi connectivity index (χ1n) is 6.37. The third-order valence-electron chi connectivity index (χ3n) is 2.81. The Kier molecular flexibility index (Phi) is 6.81. The van der Waals surface area contributed by atoms with E-state index in [1.807, 2.05) is 36.4 Å². The van der Waals surface area contributed by atoms with Crippen molar-refractivity contribution in [2.24, 2.45) is 0 Å². The number of carbonyl (C=O) groups is 1. The molecule has 0 aromatic heterocycles. The van der Waals surface area contributed by atoms with Crippen molar-refractivity contribution in [1.29, 1.82) is 0 Å². The molecule has 0 spiro atoms. The average molecular weight is 247 g/mol. The summed E-state index contributed by atoms with van der Waals surface area (Å²) in [7, 11) is 0. The van der Waals surface area contributed by atoms with Crippen LogP contribution in [0, 0.1) is 0 Å². The van der Waals surface area contributed by atoms with Gasteiger partial charge in [0.05, 0.1) is 0 Å². The predicted octanol–water partition coefficient (Wildman–Crippen LogP) is 3.15. The van der Waals surface area contributed by atoms with E-state index < -0.39 is 12.0 Å².